The van der Waals surface area contributed by atoms with Crippen molar-refractivity contribution in [3.8, 4) is 11.8 Å². The van der Waals surface area contributed by atoms with Gasteiger partial charge in [0.15, 0.2) is 16.3 Å². The van der Waals surface area contributed by atoms with Crippen molar-refractivity contribution in [2.45, 2.75) is 29.8 Å². The molecule has 0 radical (unpaired) electrons. The second-order valence-electron chi connectivity index (χ2n) is 7.75. The number of piperazine rings is 1. The second kappa shape index (κ2) is 10.6. The molecule has 4 rings (SSSR count). The zero-order chi connectivity index (χ0) is 26.7. The standard InChI is InChI=1S/C22H20F3N7O4S/c1-3-4-9-32-15-16(28-20(32)31-10-7-26-8-11-31)29-21(30(2)17(15)33)37-14-6-5-13(12-27-14)18(34)36-19(35)22(23,24)25/h5-6,12,26H,7-11H2,1-2H3. The quantitative estimate of drug-likeness (QED) is 0.222. The van der Waals surface area contributed by atoms with Crippen LogP contribution in [0.5, 0.6) is 0 Å². The van der Waals surface area contributed by atoms with Crippen LogP contribution >= 0.6 is 11.8 Å². The summed E-state index contributed by atoms with van der Waals surface area (Å²) >= 11 is 0.991. The first-order valence-corrected chi connectivity index (χ1v) is 11.7. The number of hydrogen-bond donors (Lipinski definition) is 1. The van der Waals surface area contributed by atoms with E-state index in [0.29, 0.717) is 29.6 Å². The van der Waals surface area contributed by atoms with E-state index in [9.17, 15) is 27.6 Å². The van der Waals surface area contributed by atoms with Gasteiger partial charge in [-0.15, -0.1) is 5.92 Å². The lowest BCUT2D eigenvalue weighted by Gasteiger charge is -2.28. The van der Waals surface area contributed by atoms with Crippen molar-refractivity contribution in [1.82, 2.24) is 29.4 Å². The smallest absolute Gasteiger partial charge is 0.383 e. The fraction of sp³-hybridized carbons (Fsp3) is 0.364. The summed E-state index contributed by atoms with van der Waals surface area (Å²) in [5.74, 6) is 2.30. The Morgan fingerprint density at radius 3 is 2.57 bits per heavy atom. The van der Waals surface area contributed by atoms with Gasteiger partial charge in [-0.2, -0.15) is 18.2 Å². The average molecular weight is 536 g/mol. The van der Waals surface area contributed by atoms with Gasteiger partial charge in [-0.3, -0.25) is 13.9 Å². The zero-order valence-corrected chi connectivity index (χ0v) is 20.4. The van der Waals surface area contributed by atoms with E-state index in [-0.39, 0.29) is 28.5 Å². The molecule has 37 heavy (non-hydrogen) atoms. The highest BCUT2D eigenvalue weighted by molar-refractivity contribution is 7.99. The first-order valence-electron chi connectivity index (χ1n) is 10.9. The Morgan fingerprint density at radius 1 is 1.22 bits per heavy atom. The van der Waals surface area contributed by atoms with Gasteiger partial charge >= 0.3 is 18.1 Å². The highest BCUT2D eigenvalue weighted by Crippen LogP contribution is 2.27. The molecule has 0 bridgehead atoms. The van der Waals surface area contributed by atoms with Gasteiger partial charge in [0.25, 0.3) is 5.56 Å². The number of fused-ring (bicyclic) bond motifs is 1. The number of esters is 2. The summed E-state index contributed by atoms with van der Waals surface area (Å²) in [6.45, 7) is 4.94. The molecule has 1 saturated heterocycles. The van der Waals surface area contributed by atoms with Crippen LogP contribution in [0.4, 0.5) is 19.1 Å². The molecule has 1 aliphatic heterocycles. The lowest BCUT2D eigenvalue weighted by atomic mass is 10.3. The van der Waals surface area contributed by atoms with Gasteiger partial charge in [-0.25, -0.2) is 19.6 Å². The summed E-state index contributed by atoms with van der Waals surface area (Å²) in [7, 11) is 1.54. The highest BCUT2D eigenvalue weighted by Gasteiger charge is 2.42. The summed E-state index contributed by atoms with van der Waals surface area (Å²) in [6.07, 6.45) is -4.33. The van der Waals surface area contributed by atoms with E-state index in [0.717, 1.165) is 37.1 Å². The molecular weight excluding hydrogens is 515 g/mol. The molecule has 0 aliphatic carbocycles. The van der Waals surface area contributed by atoms with Gasteiger partial charge in [0.2, 0.25) is 5.95 Å². The van der Waals surface area contributed by atoms with Crippen molar-refractivity contribution >= 4 is 40.8 Å². The number of aromatic nitrogens is 5. The van der Waals surface area contributed by atoms with Gasteiger partial charge in [-0.05, 0) is 30.8 Å². The molecule has 0 saturated carbocycles. The first-order chi connectivity index (χ1) is 17.6. The lowest BCUT2D eigenvalue weighted by molar-refractivity contribution is -0.193. The number of imidazole rings is 1. The molecule has 0 amide bonds. The third kappa shape index (κ3) is 5.59. The summed E-state index contributed by atoms with van der Waals surface area (Å²) in [5.41, 5.74) is -0.146. The van der Waals surface area contributed by atoms with Gasteiger partial charge in [0.05, 0.1) is 12.1 Å². The Kier molecular flexibility index (Phi) is 7.50. The van der Waals surface area contributed by atoms with E-state index in [4.69, 9.17) is 0 Å². The second-order valence-corrected chi connectivity index (χ2v) is 8.74. The molecule has 0 atom stereocenters. The SMILES string of the molecule is CC#CCn1c(N2CCNCC2)nc2nc(Sc3ccc(C(=O)OC(=O)C(F)(F)F)cn3)n(C)c(=O)c21. The topological polar surface area (TPSA) is 124 Å². The van der Waals surface area contributed by atoms with Gasteiger partial charge in [-0.1, -0.05) is 5.92 Å². The van der Waals surface area contributed by atoms with Crippen molar-refractivity contribution in [2.75, 3.05) is 31.1 Å². The molecule has 194 valence electrons. The zero-order valence-electron chi connectivity index (χ0n) is 19.6. The van der Waals surface area contributed by atoms with Crippen molar-refractivity contribution in [1.29, 1.82) is 0 Å². The Bertz CT molecular complexity index is 1470. The molecule has 3 aromatic rings. The van der Waals surface area contributed by atoms with E-state index in [1.807, 2.05) is 0 Å². The van der Waals surface area contributed by atoms with Crippen LogP contribution in [0.25, 0.3) is 11.2 Å². The fourth-order valence-corrected chi connectivity index (χ4v) is 4.27. The van der Waals surface area contributed by atoms with E-state index >= 15 is 0 Å². The normalized spacial score (nSPS) is 13.8. The van der Waals surface area contributed by atoms with E-state index in [1.54, 1.807) is 18.5 Å². The molecule has 4 heterocycles. The predicted molar refractivity (Wildman–Crippen MR) is 126 cm³/mol. The number of halogens is 3. The number of nitrogens with zero attached hydrogens (tertiary/aromatic N) is 6. The number of alkyl halides is 3. The number of carbonyl (C=O) groups excluding carboxylic acids is 2. The molecule has 0 spiro atoms. The number of ether oxygens (including phenoxy) is 1. The molecule has 1 N–H and O–H groups in total. The number of hydrogen-bond acceptors (Lipinski definition) is 10. The Hall–Kier alpha value is -3.90. The van der Waals surface area contributed by atoms with Gasteiger partial charge in [0, 0.05) is 39.4 Å². The van der Waals surface area contributed by atoms with Crippen LogP contribution < -0.4 is 15.8 Å². The van der Waals surface area contributed by atoms with Crippen LogP contribution in [0.3, 0.4) is 0 Å². The average Bonchev–Trinajstić information content (AvgIpc) is 3.24. The van der Waals surface area contributed by atoms with Gasteiger partial charge < -0.3 is 15.0 Å². The van der Waals surface area contributed by atoms with Crippen molar-refractivity contribution < 1.29 is 27.5 Å². The molecule has 0 aromatic carbocycles. The maximum atomic E-state index is 13.3. The van der Waals surface area contributed by atoms with Crippen LogP contribution in [0, 0.1) is 11.8 Å². The minimum absolute atomic E-state index is 0.239. The largest absolute Gasteiger partial charge is 0.491 e. The van der Waals surface area contributed by atoms with Crippen molar-refractivity contribution in [2.24, 2.45) is 7.05 Å². The first kappa shape index (κ1) is 26.2. The molecule has 3 aromatic heterocycles. The van der Waals surface area contributed by atoms with E-state index in [1.165, 1.54) is 10.6 Å². The summed E-state index contributed by atoms with van der Waals surface area (Å²) in [6, 6.07) is 2.48. The number of nitrogens with one attached hydrogen (secondary N) is 1. The third-order valence-electron chi connectivity index (χ3n) is 5.32. The van der Waals surface area contributed by atoms with Crippen LogP contribution in [0.1, 0.15) is 17.3 Å². The van der Waals surface area contributed by atoms with Gasteiger partial charge in [0.1, 0.15) is 5.03 Å². The molecule has 11 nitrogen and oxygen atoms in total. The summed E-state index contributed by atoms with van der Waals surface area (Å²) < 4.78 is 43.8. The lowest BCUT2D eigenvalue weighted by Crippen LogP contribution is -2.44. The predicted octanol–water partition coefficient (Wildman–Crippen LogP) is 1.35. The third-order valence-corrected chi connectivity index (χ3v) is 6.32. The molecule has 15 heteroatoms. The van der Waals surface area contributed by atoms with Crippen molar-refractivity contribution in [3.63, 3.8) is 0 Å². The Balaban J connectivity index is 1.63. The van der Waals surface area contributed by atoms with E-state index in [2.05, 4.69) is 41.7 Å². The molecular formula is C22H20F3N7O4S. The minimum Gasteiger partial charge on any atom is -0.383 e. The maximum Gasteiger partial charge on any atom is 0.491 e. The molecule has 0 unspecified atom stereocenters. The highest BCUT2D eigenvalue weighted by atomic mass is 32.2. The number of pyridine rings is 1. The Labute approximate surface area is 212 Å². The molecule has 1 aliphatic rings. The summed E-state index contributed by atoms with van der Waals surface area (Å²) in [5, 5.41) is 3.82. The minimum atomic E-state index is -5.30. The van der Waals surface area contributed by atoms with Crippen LogP contribution in [0.15, 0.2) is 33.3 Å². The number of rotatable bonds is 5. The van der Waals surface area contributed by atoms with Crippen molar-refractivity contribution in [3.05, 3.63) is 34.2 Å². The number of carbonyl (C=O) groups is 2. The van der Waals surface area contributed by atoms with Crippen LogP contribution in [-0.2, 0) is 23.1 Å². The van der Waals surface area contributed by atoms with Crippen LogP contribution in [-0.4, -0.2) is 68.4 Å². The molecule has 1 fully saturated rings. The Morgan fingerprint density at radius 2 is 1.95 bits per heavy atom. The summed E-state index contributed by atoms with van der Waals surface area (Å²) in [4.78, 5) is 51.2. The van der Waals surface area contributed by atoms with E-state index < -0.39 is 18.1 Å². The maximum absolute atomic E-state index is 13.3. The number of anilines is 1. The van der Waals surface area contributed by atoms with Crippen LogP contribution in [0.2, 0.25) is 0 Å². The fourth-order valence-electron chi connectivity index (χ4n) is 3.49. The monoisotopic (exact) mass is 535 g/mol.